The van der Waals surface area contributed by atoms with Crippen LogP contribution in [0.1, 0.15) is 23.1 Å². The Bertz CT molecular complexity index is 506. The van der Waals surface area contributed by atoms with Gasteiger partial charge in [-0.2, -0.15) is 5.26 Å². The fraction of sp³-hybridized carbons (Fsp3) is 0.235. The van der Waals surface area contributed by atoms with Gasteiger partial charge in [-0.1, -0.05) is 54.6 Å². The monoisotopic (exact) mass is 235 g/mol. The Morgan fingerprint density at radius 1 is 0.722 bits per heavy atom. The maximum Gasteiger partial charge on any atom is 0.0669 e. The van der Waals surface area contributed by atoms with Crippen molar-refractivity contribution in [1.29, 1.82) is 5.26 Å². The molecule has 0 aliphatic rings. The number of aryl methyl sites for hydroxylation is 2. The highest BCUT2D eigenvalue weighted by Gasteiger charge is 1.96. The third-order valence-corrected chi connectivity index (χ3v) is 3.08. The van der Waals surface area contributed by atoms with Crippen LogP contribution in [0.5, 0.6) is 0 Å². The largest absolute Gasteiger partial charge is 0.198 e. The van der Waals surface area contributed by atoms with Crippen LogP contribution in [0.2, 0.25) is 0 Å². The topological polar surface area (TPSA) is 23.8 Å². The third kappa shape index (κ3) is 3.75. The zero-order chi connectivity index (χ0) is 12.6. The minimum atomic E-state index is 0.504. The van der Waals surface area contributed by atoms with Gasteiger partial charge >= 0.3 is 0 Å². The quantitative estimate of drug-likeness (QED) is 0.770. The van der Waals surface area contributed by atoms with Crippen LogP contribution in [-0.4, -0.2) is 0 Å². The molecule has 0 aromatic heterocycles. The van der Waals surface area contributed by atoms with Gasteiger partial charge in [0.1, 0.15) is 0 Å². The Balaban J connectivity index is 1.82. The molecule has 0 amide bonds. The second-order valence-electron chi connectivity index (χ2n) is 4.49. The molecule has 0 radical (unpaired) electrons. The number of benzene rings is 2. The van der Waals surface area contributed by atoms with Gasteiger partial charge < -0.3 is 0 Å². The lowest BCUT2D eigenvalue weighted by Gasteiger charge is -2.03. The van der Waals surface area contributed by atoms with E-state index in [9.17, 15) is 0 Å². The lowest BCUT2D eigenvalue weighted by molar-refractivity contribution is 0.820. The molecular formula is C17H17N. The van der Waals surface area contributed by atoms with E-state index in [0.29, 0.717) is 6.42 Å². The van der Waals surface area contributed by atoms with Gasteiger partial charge in [0.05, 0.1) is 12.5 Å². The molecule has 0 N–H and O–H groups in total. The first-order valence-corrected chi connectivity index (χ1v) is 6.37. The van der Waals surface area contributed by atoms with Gasteiger partial charge in [0, 0.05) is 0 Å². The van der Waals surface area contributed by atoms with E-state index in [0.717, 1.165) is 18.4 Å². The molecule has 90 valence electrons. The lowest BCUT2D eigenvalue weighted by Crippen LogP contribution is -1.90. The van der Waals surface area contributed by atoms with E-state index in [1.165, 1.54) is 17.5 Å². The molecule has 18 heavy (non-hydrogen) atoms. The van der Waals surface area contributed by atoms with Crippen molar-refractivity contribution in [3.63, 3.8) is 0 Å². The average molecular weight is 235 g/mol. The standard InChI is InChI=1S/C17H17N/c18-14-13-17-11-9-16(10-12-17)8-4-7-15-5-2-1-3-6-15/h1-3,5-6,9-12H,4,7-8,13H2. The number of hydrogen-bond donors (Lipinski definition) is 0. The smallest absolute Gasteiger partial charge is 0.0669 e. The van der Waals surface area contributed by atoms with Crippen LogP contribution in [0.15, 0.2) is 54.6 Å². The van der Waals surface area contributed by atoms with Crippen molar-refractivity contribution in [1.82, 2.24) is 0 Å². The number of hydrogen-bond acceptors (Lipinski definition) is 1. The molecule has 0 fully saturated rings. The second kappa shape index (κ2) is 6.61. The molecule has 0 unspecified atom stereocenters. The first-order chi connectivity index (χ1) is 8.88. The molecule has 0 saturated heterocycles. The molecule has 0 atom stereocenters. The molecule has 0 aliphatic heterocycles. The Kier molecular flexibility index (Phi) is 4.55. The van der Waals surface area contributed by atoms with Crippen molar-refractivity contribution in [3.8, 4) is 6.07 Å². The van der Waals surface area contributed by atoms with Gasteiger partial charge in [0.2, 0.25) is 0 Å². The van der Waals surface area contributed by atoms with Crippen LogP contribution in [0, 0.1) is 11.3 Å². The summed E-state index contributed by atoms with van der Waals surface area (Å²) in [6.07, 6.45) is 3.90. The predicted molar refractivity (Wildman–Crippen MR) is 74.2 cm³/mol. The minimum Gasteiger partial charge on any atom is -0.198 e. The maximum atomic E-state index is 8.61. The van der Waals surface area contributed by atoms with E-state index in [2.05, 4.69) is 60.7 Å². The van der Waals surface area contributed by atoms with Gasteiger partial charge in [0.25, 0.3) is 0 Å². The van der Waals surface area contributed by atoms with E-state index in [4.69, 9.17) is 5.26 Å². The van der Waals surface area contributed by atoms with Crippen LogP contribution >= 0.6 is 0 Å². The summed E-state index contributed by atoms with van der Waals surface area (Å²) in [6.45, 7) is 0. The van der Waals surface area contributed by atoms with Crippen LogP contribution in [0.3, 0.4) is 0 Å². The molecule has 2 aromatic rings. The van der Waals surface area contributed by atoms with Crippen molar-refractivity contribution in [3.05, 3.63) is 71.3 Å². The van der Waals surface area contributed by atoms with Crippen molar-refractivity contribution in [2.45, 2.75) is 25.7 Å². The third-order valence-electron chi connectivity index (χ3n) is 3.08. The first kappa shape index (κ1) is 12.4. The molecule has 0 saturated carbocycles. The van der Waals surface area contributed by atoms with Crippen molar-refractivity contribution >= 4 is 0 Å². The summed E-state index contributed by atoms with van der Waals surface area (Å²) in [5, 5.41) is 8.61. The van der Waals surface area contributed by atoms with Crippen molar-refractivity contribution in [2.24, 2.45) is 0 Å². The molecule has 1 heteroatoms. The van der Waals surface area contributed by atoms with Crippen LogP contribution in [-0.2, 0) is 19.3 Å². The van der Waals surface area contributed by atoms with E-state index >= 15 is 0 Å². The number of rotatable bonds is 5. The fourth-order valence-corrected chi connectivity index (χ4v) is 2.06. The summed E-state index contributed by atoms with van der Waals surface area (Å²) < 4.78 is 0. The fourth-order valence-electron chi connectivity index (χ4n) is 2.06. The average Bonchev–Trinajstić information content (AvgIpc) is 2.42. The van der Waals surface area contributed by atoms with Gasteiger partial charge in [-0.25, -0.2) is 0 Å². The summed E-state index contributed by atoms with van der Waals surface area (Å²) in [7, 11) is 0. The Labute approximate surface area is 109 Å². The van der Waals surface area contributed by atoms with Crippen LogP contribution < -0.4 is 0 Å². The second-order valence-corrected chi connectivity index (χ2v) is 4.49. The van der Waals surface area contributed by atoms with E-state index in [-0.39, 0.29) is 0 Å². The number of nitriles is 1. The molecule has 1 nitrogen and oxygen atoms in total. The molecule has 0 heterocycles. The normalized spacial score (nSPS) is 9.94. The van der Waals surface area contributed by atoms with Crippen LogP contribution in [0.4, 0.5) is 0 Å². The first-order valence-electron chi connectivity index (χ1n) is 6.37. The molecule has 0 aliphatic carbocycles. The highest BCUT2D eigenvalue weighted by molar-refractivity contribution is 5.24. The van der Waals surface area contributed by atoms with Crippen molar-refractivity contribution in [2.75, 3.05) is 0 Å². The maximum absolute atomic E-state index is 8.61. The molecule has 0 spiro atoms. The summed E-state index contributed by atoms with van der Waals surface area (Å²) >= 11 is 0. The van der Waals surface area contributed by atoms with Gasteiger partial charge in [-0.15, -0.1) is 0 Å². The van der Waals surface area contributed by atoms with E-state index < -0.39 is 0 Å². The Morgan fingerprint density at radius 3 is 1.89 bits per heavy atom. The molecule has 0 bridgehead atoms. The summed E-state index contributed by atoms with van der Waals surface area (Å²) in [4.78, 5) is 0. The Hall–Kier alpha value is -2.07. The predicted octanol–water partition coefficient (Wildman–Crippen LogP) is 3.93. The highest BCUT2D eigenvalue weighted by Crippen LogP contribution is 2.10. The van der Waals surface area contributed by atoms with Gasteiger partial charge in [-0.05, 0) is 36.0 Å². The summed E-state index contributed by atoms with van der Waals surface area (Å²) in [5.74, 6) is 0. The number of nitrogens with zero attached hydrogens (tertiary/aromatic N) is 1. The Morgan fingerprint density at radius 2 is 1.28 bits per heavy atom. The van der Waals surface area contributed by atoms with E-state index in [1.807, 2.05) is 0 Å². The van der Waals surface area contributed by atoms with E-state index in [1.54, 1.807) is 0 Å². The zero-order valence-electron chi connectivity index (χ0n) is 10.5. The zero-order valence-corrected chi connectivity index (χ0v) is 10.5. The lowest BCUT2D eigenvalue weighted by atomic mass is 10.0. The van der Waals surface area contributed by atoms with Crippen LogP contribution in [0.25, 0.3) is 0 Å². The van der Waals surface area contributed by atoms with Gasteiger partial charge in [-0.3, -0.25) is 0 Å². The molecule has 2 rings (SSSR count). The SMILES string of the molecule is N#CCc1ccc(CCCc2ccccc2)cc1. The minimum absolute atomic E-state index is 0.504. The van der Waals surface area contributed by atoms with Crippen molar-refractivity contribution < 1.29 is 0 Å². The summed E-state index contributed by atoms with van der Waals surface area (Å²) in [6, 6.07) is 21.1. The molecular weight excluding hydrogens is 218 g/mol. The van der Waals surface area contributed by atoms with Gasteiger partial charge in [0.15, 0.2) is 0 Å². The molecule has 2 aromatic carbocycles. The highest BCUT2D eigenvalue weighted by atomic mass is 14.2. The summed E-state index contributed by atoms with van der Waals surface area (Å²) in [5.41, 5.74) is 3.86.